The lowest BCUT2D eigenvalue weighted by atomic mass is 10.0. The van der Waals surface area contributed by atoms with Gasteiger partial charge < -0.3 is 9.47 Å². The third kappa shape index (κ3) is 7.10. The molecule has 0 bridgehead atoms. The van der Waals surface area contributed by atoms with E-state index in [1.165, 1.54) is 12.1 Å². The summed E-state index contributed by atoms with van der Waals surface area (Å²) < 4.78 is 25.1. The van der Waals surface area contributed by atoms with Gasteiger partial charge in [-0.3, -0.25) is 0 Å². The zero-order valence-electron chi connectivity index (χ0n) is 16.5. The molecule has 0 spiro atoms. The minimum absolute atomic E-state index is 0.211. The molecule has 0 atom stereocenters. The Hall–Kier alpha value is -2.52. The molecule has 0 saturated carbocycles. The Morgan fingerprint density at radius 2 is 1.55 bits per heavy atom. The maximum absolute atomic E-state index is 13.1. The molecule has 0 fully saturated rings. The van der Waals surface area contributed by atoms with Gasteiger partial charge in [-0.15, -0.1) is 11.6 Å². The first-order valence-corrected chi connectivity index (χ1v) is 10.5. The first kappa shape index (κ1) is 21.2. The first-order chi connectivity index (χ1) is 14.2. The number of ether oxygens (including phenoxy) is 2. The number of alkyl halides is 1. The maximum atomic E-state index is 13.1. The molecular weight excluding hydrogens is 387 g/mol. The van der Waals surface area contributed by atoms with Gasteiger partial charge in [0.2, 0.25) is 0 Å². The lowest BCUT2D eigenvalue weighted by Crippen LogP contribution is -2.03. The van der Waals surface area contributed by atoms with E-state index >= 15 is 0 Å². The van der Waals surface area contributed by atoms with Crippen molar-refractivity contribution < 1.29 is 13.9 Å². The van der Waals surface area contributed by atoms with Crippen LogP contribution in [-0.2, 0) is 19.4 Å². The molecule has 3 aromatic rings. The van der Waals surface area contributed by atoms with Gasteiger partial charge in [0.1, 0.15) is 23.9 Å². The summed E-state index contributed by atoms with van der Waals surface area (Å²) in [6.07, 6.45) is 3.48. The van der Waals surface area contributed by atoms with E-state index in [4.69, 9.17) is 21.1 Å². The molecule has 0 amide bonds. The highest BCUT2D eigenvalue weighted by Crippen LogP contribution is 2.27. The largest absolute Gasteiger partial charge is 0.493 e. The zero-order valence-corrected chi connectivity index (χ0v) is 17.2. The summed E-state index contributed by atoms with van der Waals surface area (Å²) in [6, 6.07) is 22.7. The van der Waals surface area contributed by atoms with E-state index in [0.717, 1.165) is 53.9 Å². The van der Waals surface area contributed by atoms with E-state index < -0.39 is 0 Å². The molecule has 29 heavy (non-hydrogen) atoms. The SMILES string of the molecule is Fc1ccc(CCc2ccc(OCc3ccccc3)cc2OCCCCCl)cc1. The third-order valence-corrected chi connectivity index (χ3v) is 4.94. The van der Waals surface area contributed by atoms with E-state index in [1.54, 1.807) is 0 Å². The molecule has 0 aliphatic heterocycles. The number of aryl methyl sites for hydroxylation is 2. The van der Waals surface area contributed by atoms with Crippen molar-refractivity contribution in [3.05, 3.63) is 95.3 Å². The highest BCUT2D eigenvalue weighted by molar-refractivity contribution is 6.17. The maximum Gasteiger partial charge on any atom is 0.126 e. The monoisotopic (exact) mass is 412 g/mol. The summed E-state index contributed by atoms with van der Waals surface area (Å²) in [5.74, 6) is 2.05. The standard InChI is InChI=1S/C25H26ClFO2/c26-16-4-5-17-28-25-18-24(29-19-21-6-2-1-3-7-21)15-12-22(25)11-8-20-9-13-23(27)14-10-20/h1-3,6-7,9-10,12-15,18H,4-5,8,11,16-17,19H2. The molecule has 0 aromatic heterocycles. The number of hydrogen-bond donors (Lipinski definition) is 0. The van der Waals surface area contributed by atoms with Crippen LogP contribution in [0.5, 0.6) is 11.5 Å². The summed E-state index contributed by atoms with van der Waals surface area (Å²) >= 11 is 5.77. The number of rotatable bonds is 11. The van der Waals surface area contributed by atoms with Gasteiger partial charge in [-0.05, 0) is 60.6 Å². The highest BCUT2D eigenvalue weighted by atomic mass is 35.5. The van der Waals surface area contributed by atoms with Crippen LogP contribution < -0.4 is 9.47 Å². The molecule has 4 heteroatoms. The molecule has 0 N–H and O–H groups in total. The third-order valence-electron chi connectivity index (χ3n) is 4.67. The van der Waals surface area contributed by atoms with Crippen molar-refractivity contribution in [1.29, 1.82) is 0 Å². The summed E-state index contributed by atoms with van der Waals surface area (Å²) in [7, 11) is 0. The minimum Gasteiger partial charge on any atom is -0.493 e. The van der Waals surface area contributed by atoms with Crippen molar-refractivity contribution in [2.75, 3.05) is 12.5 Å². The summed E-state index contributed by atoms with van der Waals surface area (Å²) in [5, 5.41) is 0. The molecule has 0 unspecified atom stereocenters. The van der Waals surface area contributed by atoms with Crippen molar-refractivity contribution in [2.24, 2.45) is 0 Å². The fourth-order valence-corrected chi connectivity index (χ4v) is 3.20. The lowest BCUT2D eigenvalue weighted by molar-refractivity contribution is 0.290. The molecule has 0 aliphatic carbocycles. The predicted molar refractivity (Wildman–Crippen MR) is 116 cm³/mol. The van der Waals surface area contributed by atoms with Gasteiger partial charge in [-0.25, -0.2) is 4.39 Å². The smallest absolute Gasteiger partial charge is 0.126 e. The second-order valence-corrected chi connectivity index (χ2v) is 7.29. The Balaban J connectivity index is 1.66. The van der Waals surface area contributed by atoms with Gasteiger partial charge in [0.25, 0.3) is 0 Å². The van der Waals surface area contributed by atoms with E-state index in [-0.39, 0.29) is 5.82 Å². The number of hydrogen-bond acceptors (Lipinski definition) is 2. The fraction of sp³-hybridized carbons (Fsp3) is 0.280. The van der Waals surface area contributed by atoms with Crippen LogP contribution in [0.25, 0.3) is 0 Å². The van der Waals surface area contributed by atoms with Crippen LogP contribution in [0.2, 0.25) is 0 Å². The molecule has 0 heterocycles. The van der Waals surface area contributed by atoms with E-state index in [1.807, 2.05) is 54.6 Å². The summed E-state index contributed by atoms with van der Waals surface area (Å²) in [5.41, 5.74) is 3.34. The highest BCUT2D eigenvalue weighted by Gasteiger charge is 2.08. The second-order valence-electron chi connectivity index (χ2n) is 6.91. The average molecular weight is 413 g/mol. The first-order valence-electron chi connectivity index (χ1n) is 9.97. The van der Waals surface area contributed by atoms with Crippen molar-refractivity contribution in [2.45, 2.75) is 32.3 Å². The number of halogens is 2. The Kier molecular flexibility index (Phi) is 8.39. The molecule has 152 valence electrons. The van der Waals surface area contributed by atoms with Crippen LogP contribution in [0.1, 0.15) is 29.5 Å². The molecule has 0 saturated heterocycles. The topological polar surface area (TPSA) is 18.5 Å². The zero-order chi connectivity index (χ0) is 20.3. The molecular formula is C25H26ClFO2. The van der Waals surface area contributed by atoms with Crippen LogP contribution >= 0.6 is 11.6 Å². The summed E-state index contributed by atoms with van der Waals surface area (Å²) in [6.45, 7) is 1.14. The van der Waals surface area contributed by atoms with Gasteiger partial charge in [0.15, 0.2) is 0 Å². The van der Waals surface area contributed by atoms with Crippen LogP contribution in [-0.4, -0.2) is 12.5 Å². The quantitative estimate of drug-likeness (QED) is 0.261. The van der Waals surface area contributed by atoms with Gasteiger partial charge in [0, 0.05) is 11.9 Å². The number of unbranched alkanes of at least 4 members (excludes halogenated alkanes) is 1. The van der Waals surface area contributed by atoms with Crippen molar-refractivity contribution >= 4 is 11.6 Å². The minimum atomic E-state index is -0.211. The summed E-state index contributed by atoms with van der Waals surface area (Å²) in [4.78, 5) is 0. The second kappa shape index (κ2) is 11.5. The van der Waals surface area contributed by atoms with E-state index in [2.05, 4.69) is 6.07 Å². The van der Waals surface area contributed by atoms with Crippen molar-refractivity contribution in [1.82, 2.24) is 0 Å². The van der Waals surface area contributed by atoms with Gasteiger partial charge in [0.05, 0.1) is 6.61 Å². The van der Waals surface area contributed by atoms with Gasteiger partial charge in [-0.2, -0.15) is 0 Å². The van der Waals surface area contributed by atoms with Crippen LogP contribution in [0.15, 0.2) is 72.8 Å². The van der Waals surface area contributed by atoms with Crippen LogP contribution in [0, 0.1) is 5.82 Å². The van der Waals surface area contributed by atoms with Gasteiger partial charge >= 0.3 is 0 Å². The lowest BCUT2D eigenvalue weighted by Gasteiger charge is -2.14. The molecule has 2 nitrogen and oxygen atoms in total. The number of benzene rings is 3. The van der Waals surface area contributed by atoms with E-state index in [9.17, 15) is 4.39 Å². The molecule has 0 aliphatic rings. The Bertz CT molecular complexity index is 866. The molecule has 0 radical (unpaired) electrons. The van der Waals surface area contributed by atoms with Gasteiger partial charge in [-0.1, -0.05) is 48.5 Å². The molecule has 3 rings (SSSR count). The van der Waals surface area contributed by atoms with Crippen LogP contribution in [0.4, 0.5) is 4.39 Å². The van der Waals surface area contributed by atoms with E-state index in [0.29, 0.717) is 19.1 Å². The normalized spacial score (nSPS) is 10.7. The fourth-order valence-electron chi connectivity index (χ4n) is 3.02. The Labute approximate surface area is 177 Å². The predicted octanol–water partition coefficient (Wildman–Crippen LogP) is 6.59. The average Bonchev–Trinajstić information content (AvgIpc) is 2.76. The Morgan fingerprint density at radius 3 is 2.31 bits per heavy atom. The van der Waals surface area contributed by atoms with Crippen molar-refractivity contribution in [3.8, 4) is 11.5 Å². The molecule has 3 aromatic carbocycles. The van der Waals surface area contributed by atoms with Crippen LogP contribution in [0.3, 0.4) is 0 Å². The Morgan fingerprint density at radius 1 is 0.759 bits per heavy atom. The van der Waals surface area contributed by atoms with Crippen molar-refractivity contribution in [3.63, 3.8) is 0 Å².